The first-order valence-corrected chi connectivity index (χ1v) is 10.1. The van der Waals surface area contributed by atoms with Gasteiger partial charge in [-0.25, -0.2) is 4.21 Å². The Morgan fingerprint density at radius 3 is 2.52 bits per heavy atom. The first-order valence-electron chi connectivity index (χ1n) is 9.08. The molecule has 2 atom stereocenters. The molecule has 1 aromatic carbocycles. The van der Waals surface area contributed by atoms with Crippen molar-refractivity contribution in [1.82, 2.24) is 4.90 Å². The minimum atomic E-state index is -2.15. The Bertz CT molecular complexity index is 786. The van der Waals surface area contributed by atoms with Gasteiger partial charge < -0.3 is 10.0 Å². The van der Waals surface area contributed by atoms with Crippen LogP contribution in [-0.4, -0.2) is 49.8 Å². The number of carboxylic acids is 1. The maximum Gasteiger partial charge on any atom is 0.306 e. The number of anilines is 1. The van der Waals surface area contributed by atoms with Gasteiger partial charge in [-0.2, -0.15) is 0 Å². The Balaban J connectivity index is 1.65. The highest BCUT2D eigenvalue weighted by molar-refractivity contribution is 7.80. The minimum absolute atomic E-state index is 0.00229. The predicted molar refractivity (Wildman–Crippen MR) is 103 cm³/mol. The van der Waals surface area contributed by atoms with Gasteiger partial charge in [0.1, 0.15) is 0 Å². The van der Waals surface area contributed by atoms with Crippen LogP contribution in [0, 0.1) is 5.92 Å². The SMILES string of the molecule is C[C@@H]1C(CCC(=O)N2CCC(C(=O)O)CC2)=Cc2ccccc2N1S(=O)O. The molecule has 27 heavy (non-hydrogen) atoms. The van der Waals surface area contributed by atoms with Crippen molar-refractivity contribution in [3.05, 3.63) is 35.4 Å². The Labute approximate surface area is 161 Å². The molecule has 2 aliphatic rings. The number of likely N-dealkylation sites (tertiary alicyclic amines) is 1. The molecule has 7 nitrogen and oxygen atoms in total. The highest BCUT2D eigenvalue weighted by Gasteiger charge is 2.30. The minimum Gasteiger partial charge on any atom is -0.481 e. The molecule has 1 fully saturated rings. The van der Waals surface area contributed by atoms with Crippen LogP contribution in [0.1, 0.15) is 38.2 Å². The fourth-order valence-electron chi connectivity index (χ4n) is 3.78. The zero-order valence-electron chi connectivity index (χ0n) is 15.2. The van der Waals surface area contributed by atoms with Crippen molar-refractivity contribution in [2.24, 2.45) is 5.92 Å². The topological polar surface area (TPSA) is 98.2 Å². The lowest BCUT2D eigenvalue weighted by molar-refractivity contribution is -0.145. The van der Waals surface area contributed by atoms with E-state index in [9.17, 15) is 18.4 Å². The summed E-state index contributed by atoms with van der Waals surface area (Å²) in [6, 6.07) is 7.12. The number of carboxylic acid groups (broad SMARTS) is 1. The molecule has 1 amide bonds. The summed E-state index contributed by atoms with van der Waals surface area (Å²) < 4.78 is 23.0. The molecule has 0 aliphatic carbocycles. The number of nitrogens with zero attached hydrogens (tertiary/aromatic N) is 2. The number of aliphatic carboxylic acids is 1. The lowest BCUT2D eigenvalue weighted by Gasteiger charge is -2.34. The van der Waals surface area contributed by atoms with E-state index in [1.165, 1.54) is 4.31 Å². The fraction of sp³-hybridized carbons (Fsp3) is 0.474. The van der Waals surface area contributed by atoms with Crippen LogP contribution in [0.15, 0.2) is 29.8 Å². The molecule has 0 spiro atoms. The van der Waals surface area contributed by atoms with E-state index in [0.29, 0.717) is 44.5 Å². The number of piperidine rings is 1. The molecular formula is C19H24N2O5S. The molecule has 0 bridgehead atoms. The molecule has 2 N–H and O–H groups in total. The van der Waals surface area contributed by atoms with Gasteiger partial charge in [0.05, 0.1) is 17.6 Å². The van der Waals surface area contributed by atoms with Gasteiger partial charge in [0, 0.05) is 19.5 Å². The van der Waals surface area contributed by atoms with Gasteiger partial charge in [0.15, 0.2) is 0 Å². The van der Waals surface area contributed by atoms with Crippen LogP contribution < -0.4 is 4.31 Å². The van der Waals surface area contributed by atoms with Gasteiger partial charge in [0.2, 0.25) is 5.91 Å². The van der Waals surface area contributed by atoms with Crippen molar-refractivity contribution in [3.8, 4) is 0 Å². The zero-order chi connectivity index (χ0) is 19.6. The Kier molecular flexibility index (Phi) is 5.96. The molecule has 0 radical (unpaired) electrons. The van der Waals surface area contributed by atoms with Crippen molar-refractivity contribution in [1.29, 1.82) is 0 Å². The van der Waals surface area contributed by atoms with E-state index in [4.69, 9.17) is 5.11 Å². The molecule has 0 saturated carbocycles. The van der Waals surface area contributed by atoms with Crippen LogP contribution in [0.5, 0.6) is 0 Å². The number of benzene rings is 1. The third kappa shape index (κ3) is 4.22. The number of amides is 1. The smallest absolute Gasteiger partial charge is 0.306 e. The zero-order valence-corrected chi connectivity index (χ0v) is 16.0. The number of hydrogen-bond acceptors (Lipinski definition) is 3. The summed E-state index contributed by atoms with van der Waals surface area (Å²) >= 11 is -2.15. The summed E-state index contributed by atoms with van der Waals surface area (Å²) in [7, 11) is 0. The predicted octanol–water partition coefficient (Wildman–Crippen LogP) is 2.52. The van der Waals surface area contributed by atoms with Gasteiger partial charge in [-0.15, -0.1) is 0 Å². The van der Waals surface area contributed by atoms with E-state index >= 15 is 0 Å². The summed E-state index contributed by atoms with van der Waals surface area (Å²) in [5, 5.41) is 9.05. The van der Waals surface area contributed by atoms with Gasteiger partial charge >= 0.3 is 5.97 Å². The molecule has 2 heterocycles. The van der Waals surface area contributed by atoms with Gasteiger partial charge in [-0.1, -0.05) is 24.3 Å². The third-order valence-electron chi connectivity index (χ3n) is 5.40. The Morgan fingerprint density at radius 1 is 1.22 bits per heavy atom. The van der Waals surface area contributed by atoms with Crippen LogP contribution in [0.4, 0.5) is 5.69 Å². The maximum atomic E-state index is 12.5. The van der Waals surface area contributed by atoms with Crippen molar-refractivity contribution < 1.29 is 23.5 Å². The number of para-hydroxylation sites is 1. The summed E-state index contributed by atoms with van der Waals surface area (Å²) in [5.74, 6) is -1.15. The second-order valence-corrected chi connectivity index (χ2v) is 7.86. The first kappa shape index (κ1) is 19.6. The molecule has 8 heteroatoms. The molecule has 1 saturated heterocycles. The van der Waals surface area contributed by atoms with Crippen molar-refractivity contribution in [2.75, 3.05) is 17.4 Å². The summed E-state index contributed by atoms with van der Waals surface area (Å²) in [6.07, 6.45) is 3.78. The molecule has 1 aromatic rings. The molecule has 2 aliphatic heterocycles. The Morgan fingerprint density at radius 2 is 1.89 bits per heavy atom. The van der Waals surface area contributed by atoms with Gasteiger partial charge in [-0.05, 0) is 43.4 Å². The molecule has 146 valence electrons. The molecule has 0 aromatic heterocycles. The lowest BCUT2D eigenvalue weighted by Crippen LogP contribution is -2.41. The summed E-state index contributed by atoms with van der Waals surface area (Å²) in [5.41, 5.74) is 2.50. The van der Waals surface area contributed by atoms with Crippen LogP contribution in [0.3, 0.4) is 0 Å². The van der Waals surface area contributed by atoms with E-state index in [1.807, 2.05) is 37.3 Å². The monoisotopic (exact) mass is 392 g/mol. The van der Waals surface area contributed by atoms with Crippen molar-refractivity contribution in [2.45, 2.75) is 38.6 Å². The average Bonchev–Trinajstić information content (AvgIpc) is 2.65. The fourth-order valence-corrected chi connectivity index (χ4v) is 4.52. The van der Waals surface area contributed by atoms with Crippen LogP contribution >= 0.6 is 0 Å². The number of hydrogen-bond donors (Lipinski definition) is 2. The van der Waals surface area contributed by atoms with Crippen LogP contribution in [-0.2, 0) is 20.9 Å². The number of carbonyl (C=O) groups is 2. The van der Waals surface area contributed by atoms with Crippen molar-refractivity contribution in [3.63, 3.8) is 0 Å². The van der Waals surface area contributed by atoms with E-state index in [-0.39, 0.29) is 17.9 Å². The average molecular weight is 392 g/mol. The molecular weight excluding hydrogens is 368 g/mol. The molecule has 3 rings (SSSR count). The Hall–Kier alpha value is -2.19. The second kappa shape index (κ2) is 8.22. The quantitative estimate of drug-likeness (QED) is 0.751. The first-order chi connectivity index (χ1) is 12.9. The van der Waals surface area contributed by atoms with Gasteiger partial charge in [-0.3, -0.25) is 18.4 Å². The largest absolute Gasteiger partial charge is 0.481 e. The van der Waals surface area contributed by atoms with Crippen molar-refractivity contribution >= 4 is 34.9 Å². The lowest BCUT2D eigenvalue weighted by atomic mass is 9.94. The van der Waals surface area contributed by atoms with Gasteiger partial charge in [0.25, 0.3) is 11.3 Å². The summed E-state index contributed by atoms with van der Waals surface area (Å²) in [4.78, 5) is 25.3. The van der Waals surface area contributed by atoms with E-state index < -0.39 is 17.2 Å². The van der Waals surface area contributed by atoms with E-state index in [0.717, 1.165) is 11.1 Å². The standard InChI is InChI=1S/C19H24N2O5S/c1-13-15(12-16-4-2-3-5-17(16)21(13)27(25)26)6-7-18(22)20-10-8-14(9-11-20)19(23)24/h2-5,12-14H,6-11H2,1H3,(H,23,24)(H,25,26)/t13-/m1/s1. The van der Waals surface area contributed by atoms with E-state index in [2.05, 4.69) is 0 Å². The number of carbonyl (C=O) groups excluding carboxylic acids is 1. The van der Waals surface area contributed by atoms with E-state index in [1.54, 1.807) is 4.90 Å². The summed E-state index contributed by atoms with van der Waals surface area (Å²) in [6.45, 7) is 2.80. The second-order valence-electron chi connectivity index (χ2n) is 7.00. The highest BCUT2D eigenvalue weighted by atomic mass is 32.2. The third-order valence-corrected chi connectivity index (χ3v) is 6.25. The van der Waals surface area contributed by atoms with Crippen LogP contribution in [0.25, 0.3) is 6.08 Å². The maximum absolute atomic E-state index is 12.5. The van der Waals surface area contributed by atoms with Crippen LogP contribution in [0.2, 0.25) is 0 Å². The molecule has 1 unspecified atom stereocenters. The normalized spacial score (nSPS) is 21.4. The highest BCUT2D eigenvalue weighted by Crippen LogP contribution is 2.35. The number of fused-ring (bicyclic) bond motifs is 1. The number of rotatable bonds is 5.